The Morgan fingerprint density at radius 1 is 1.29 bits per heavy atom. The fourth-order valence-electron chi connectivity index (χ4n) is 2.85. The van der Waals surface area contributed by atoms with Gasteiger partial charge in [-0.3, -0.25) is 4.79 Å². The minimum atomic E-state index is 0.541. The Morgan fingerprint density at radius 3 is 2.88 bits per heavy atom. The zero-order valence-corrected chi connectivity index (χ0v) is 14.2. The van der Waals surface area contributed by atoms with Gasteiger partial charge in [0.15, 0.2) is 0 Å². The molecular formula is C18H21N5O. The second-order valence-corrected chi connectivity index (χ2v) is 5.76. The molecule has 2 aromatic heterocycles. The lowest BCUT2D eigenvalue weighted by atomic mass is 10.1. The predicted octanol–water partition coefficient (Wildman–Crippen LogP) is 2.54. The van der Waals surface area contributed by atoms with E-state index in [1.54, 1.807) is 12.5 Å². The zero-order chi connectivity index (χ0) is 17.1. The van der Waals surface area contributed by atoms with E-state index in [4.69, 9.17) is 0 Å². The predicted molar refractivity (Wildman–Crippen MR) is 95.3 cm³/mol. The number of aryl methyl sites for hydroxylation is 2. The van der Waals surface area contributed by atoms with E-state index in [-0.39, 0.29) is 0 Å². The average molecular weight is 323 g/mol. The van der Waals surface area contributed by atoms with Crippen LogP contribution in [-0.4, -0.2) is 28.0 Å². The van der Waals surface area contributed by atoms with Gasteiger partial charge in [0.2, 0.25) is 6.41 Å². The molecule has 6 heteroatoms. The van der Waals surface area contributed by atoms with Gasteiger partial charge in [0.05, 0.1) is 18.0 Å². The standard InChI is InChI=1S/C18H21N5O/c1-4-14-7-13(9-19-12-24)5-6-16(14)23(3)18-8-17-15(10-20-18)21-11-22(17)2/h5-8,10-12H,4,9H2,1-3H3,(H,19,24). The molecule has 0 atom stereocenters. The van der Waals surface area contributed by atoms with Gasteiger partial charge in [-0.15, -0.1) is 0 Å². The van der Waals surface area contributed by atoms with Gasteiger partial charge in [0.25, 0.3) is 0 Å². The zero-order valence-electron chi connectivity index (χ0n) is 14.2. The number of anilines is 2. The molecule has 6 nitrogen and oxygen atoms in total. The van der Waals surface area contributed by atoms with Crippen LogP contribution in [0.5, 0.6) is 0 Å². The Morgan fingerprint density at radius 2 is 2.12 bits per heavy atom. The second-order valence-electron chi connectivity index (χ2n) is 5.76. The summed E-state index contributed by atoms with van der Waals surface area (Å²) in [5.74, 6) is 0.875. The number of imidazole rings is 1. The number of nitrogens with one attached hydrogen (secondary N) is 1. The fraction of sp³-hybridized carbons (Fsp3) is 0.278. The number of benzene rings is 1. The van der Waals surface area contributed by atoms with Crippen LogP contribution in [0.25, 0.3) is 11.0 Å². The molecule has 1 amide bonds. The molecule has 0 saturated carbocycles. The highest BCUT2D eigenvalue weighted by molar-refractivity contribution is 5.79. The van der Waals surface area contributed by atoms with Crippen LogP contribution < -0.4 is 10.2 Å². The van der Waals surface area contributed by atoms with Gasteiger partial charge in [-0.1, -0.05) is 19.1 Å². The van der Waals surface area contributed by atoms with Crippen molar-refractivity contribution in [3.8, 4) is 0 Å². The molecule has 0 aliphatic carbocycles. The Bertz CT molecular complexity index is 871. The number of hydrogen-bond donors (Lipinski definition) is 1. The van der Waals surface area contributed by atoms with Crippen LogP contribution in [0.2, 0.25) is 0 Å². The average Bonchev–Trinajstić information content (AvgIpc) is 2.99. The lowest BCUT2D eigenvalue weighted by molar-refractivity contribution is -0.109. The Kier molecular flexibility index (Phi) is 4.46. The third-order valence-electron chi connectivity index (χ3n) is 4.22. The fourth-order valence-corrected chi connectivity index (χ4v) is 2.85. The van der Waals surface area contributed by atoms with Crippen molar-refractivity contribution in [2.75, 3.05) is 11.9 Å². The quantitative estimate of drug-likeness (QED) is 0.708. The summed E-state index contributed by atoms with van der Waals surface area (Å²) < 4.78 is 1.99. The van der Waals surface area contributed by atoms with Crippen molar-refractivity contribution in [1.82, 2.24) is 19.9 Å². The number of rotatable bonds is 6. The van der Waals surface area contributed by atoms with Crippen molar-refractivity contribution < 1.29 is 4.79 Å². The summed E-state index contributed by atoms with van der Waals surface area (Å²) in [6.45, 7) is 2.67. The maximum absolute atomic E-state index is 10.5. The van der Waals surface area contributed by atoms with E-state index in [1.807, 2.05) is 30.8 Å². The highest BCUT2D eigenvalue weighted by Gasteiger charge is 2.12. The molecule has 124 valence electrons. The summed E-state index contributed by atoms with van der Waals surface area (Å²) in [7, 11) is 3.99. The molecule has 0 bridgehead atoms. The lowest BCUT2D eigenvalue weighted by Gasteiger charge is -2.22. The highest BCUT2D eigenvalue weighted by atomic mass is 16.1. The summed E-state index contributed by atoms with van der Waals surface area (Å²) in [4.78, 5) is 21.4. The summed E-state index contributed by atoms with van der Waals surface area (Å²) in [6.07, 6.45) is 5.22. The molecule has 0 saturated heterocycles. The van der Waals surface area contributed by atoms with Crippen molar-refractivity contribution in [3.63, 3.8) is 0 Å². The number of carbonyl (C=O) groups excluding carboxylic acids is 1. The first-order valence-electron chi connectivity index (χ1n) is 7.93. The summed E-state index contributed by atoms with van der Waals surface area (Å²) >= 11 is 0. The Labute approximate surface area is 141 Å². The normalized spacial score (nSPS) is 10.8. The number of amides is 1. The first-order valence-corrected chi connectivity index (χ1v) is 7.93. The molecule has 0 fully saturated rings. The van der Waals surface area contributed by atoms with Gasteiger partial charge in [0, 0.05) is 32.4 Å². The van der Waals surface area contributed by atoms with Gasteiger partial charge in [-0.05, 0) is 23.6 Å². The van der Waals surface area contributed by atoms with E-state index >= 15 is 0 Å². The Hall–Kier alpha value is -2.89. The third kappa shape index (κ3) is 2.95. The lowest BCUT2D eigenvalue weighted by Crippen LogP contribution is -2.15. The summed E-state index contributed by atoms with van der Waals surface area (Å²) in [6, 6.07) is 8.29. The van der Waals surface area contributed by atoms with Crippen LogP contribution in [0.15, 0.2) is 36.8 Å². The van der Waals surface area contributed by atoms with Gasteiger partial charge in [-0.25, -0.2) is 9.97 Å². The smallest absolute Gasteiger partial charge is 0.207 e. The van der Waals surface area contributed by atoms with Crippen LogP contribution in [0.3, 0.4) is 0 Å². The van der Waals surface area contributed by atoms with Gasteiger partial charge in [0.1, 0.15) is 11.3 Å². The van der Waals surface area contributed by atoms with Crippen LogP contribution in [0, 0.1) is 0 Å². The minimum Gasteiger partial charge on any atom is -0.355 e. The van der Waals surface area contributed by atoms with Crippen LogP contribution in [0.1, 0.15) is 18.1 Å². The first kappa shape index (κ1) is 16.0. The van der Waals surface area contributed by atoms with E-state index < -0.39 is 0 Å². The minimum absolute atomic E-state index is 0.541. The van der Waals surface area contributed by atoms with E-state index in [1.165, 1.54) is 5.56 Å². The number of hydrogen-bond acceptors (Lipinski definition) is 4. The van der Waals surface area contributed by atoms with Crippen molar-refractivity contribution in [2.24, 2.45) is 7.05 Å². The Balaban J connectivity index is 1.96. The number of nitrogens with zero attached hydrogens (tertiary/aromatic N) is 4. The molecule has 0 radical (unpaired) electrons. The van der Waals surface area contributed by atoms with E-state index in [2.05, 4.69) is 39.2 Å². The molecular weight excluding hydrogens is 302 g/mol. The van der Waals surface area contributed by atoms with Gasteiger partial charge in [-0.2, -0.15) is 0 Å². The first-order chi connectivity index (χ1) is 11.6. The molecule has 3 aromatic rings. The molecule has 0 aliphatic rings. The van der Waals surface area contributed by atoms with E-state index in [9.17, 15) is 4.79 Å². The van der Waals surface area contributed by atoms with Gasteiger partial charge >= 0.3 is 0 Å². The molecule has 2 heterocycles. The van der Waals surface area contributed by atoms with E-state index in [0.717, 1.165) is 40.9 Å². The molecule has 0 aliphatic heterocycles. The monoisotopic (exact) mass is 323 g/mol. The number of carbonyl (C=O) groups is 1. The maximum Gasteiger partial charge on any atom is 0.207 e. The molecule has 1 aromatic carbocycles. The van der Waals surface area contributed by atoms with Crippen molar-refractivity contribution in [3.05, 3.63) is 47.9 Å². The number of aromatic nitrogens is 3. The van der Waals surface area contributed by atoms with Crippen molar-refractivity contribution >= 4 is 28.9 Å². The molecule has 24 heavy (non-hydrogen) atoms. The maximum atomic E-state index is 10.5. The topological polar surface area (TPSA) is 63.1 Å². The summed E-state index contributed by atoms with van der Waals surface area (Å²) in [5, 5.41) is 2.70. The molecule has 0 spiro atoms. The van der Waals surface area contributed by atoms with E-state index in [0.29, 0.717) is 6.54 Å². The summed E-state index contributed by atoms with van der Waals surface area (Å²) in [5.41, 5.74) is 5.36. The second kappa shape index (κ2) is 6.70. The number of pyridine rings is 1. The molecule has 0 unspecified atom stereocenters. The highest BCUT2D eigenvalue weighted by Crippen LogP contribution is 2.28. The van der Waals surface area contributed by atoms with Gasteiger partial charge < -0.3 is 14.8 Å². The molecule has 1 N–H and O–H groups in total. The number of fused-ring (bicyclic) bond motifs is 1. The van der Waals surface area contributed by atoms with Crippen molar-refractivity contribution in [2.45, 2.75) is 19.9 Å². The van der Waals surface area contributed by atoms with Crippen LogP contribution in [0.4, 0.5) is 11.5 Å². The molecule has 3 rings (SSSR count). The largest absolute Gasteiger partial charge is 0.355 e. The van der Waals surface area contributed by atoms with Crippen LogP contribution >= 0.6 is 0 Å². The SMILES string of the molecule is CCc1cc(CNC=O)ccc1N(C)c1cc2c(cn1)ncn2C. The van der Waals surface area contributed by atoms with Crippen LogP contribution in [-0.2, 0) is 24.8 Å². The van der Waals surface area contributed by atoms with Crippen molar-refractivity contribution in [1.29, 1.82) is 0 Å². The third-order valence-corrected chi connectivity index (χ3v) is 4.22.